The van der Waals surface area contributed by atoms with Gasteiger partial charge >= 0.3 is 6.01 Å². The second-order valence-electron chi connectivity index (χ2n) is 7.31. The van der Waals surface area contributed by atoms with Crippen molar-refractivity contribution >= 4 is 57.6 Å². The van der Waals surface area contributed by atoms with Gasteiger partial charge in [0, 0.05) is 34.4 Å². The highest BCUT2D eigenvalue weighted by Crippen LogP contribution is 2.35. The molecule has 7 nitrogen and oxygen atoms in total. The fourth-order valence-corrected chi connectivity index (χ4v) is 4.64. The van der Waals surface area contributed by atoms with Crippen molar-refractivity contribution in [1.82, 2.24) is 9.99 Å². The maximum atomic E-state index is 12.4. The highest BCUT2D eigenvalue weighted by Gasteiger charge is 2.32. The summed E-state index contributed by atoms with van der Waals surface area (Å²) in [5.74, 6) is -0.470. The molecule has 0 saturated heterocycles. The smallest absolute Gasteiger partial charge is 0.302 e. The minimum absolute atomic E-state index is 0.0947. The van der Waals surface area contributed by atoms with Crippen molar-refractivity contribution in [2.75, 3.05) is 5.32 Å². The summed E-state index contributed by atoms with van der Waals surface area (Å²) >= 11 is 7.56. The monoisotopic (exact) mass is 464 g/mol. The first-order valence-electron chi connectivity index (χ1n) is 9.86. The third-order valence-corrected chi connectivity index (χ3v) is 6.34. The van der Waals surface area contributed by atoms with Gasteiger partial charge in [0.2, 0.25) is 5.91 Å². The first-order chi connectivity index (χ1) is 15.5. The zero-order valence-electron chi connectivity index (χ0n) is 16.9. The largest absolute Gasteiger partial charge is 0.423 e. The summed E-state index contributed by atoms with van der Waals surface area (Å²) in [6.07, 6.45) is 0.613. The van der Waals surface area contributed by atoms with Crippen LogP contribution in [-0.2, 0) is 4.79 Å². The Morgan fingerprint density at radius 3 is 2.81 bits per heavy atom. The number of fused-ring (bicyclic) bond motifs is 1. The molecule has 2 aromatic heterocycles. The Labute approximate surface area is 192 Å². The molecule has 1 aliphatic rings. The van der Waals surface area contributed by atoms with Crippen molar-refractivity contribution in [3.05, 3.63) is 81.0 Å². The molecule has 0 bridgehead atoms. The van der Waals surface area contributed by atoms with Crippen LogP contribution in [0.15, 0.2) is 69.5 Å². The molecule has 0 fully saturated rings. The van der Waals surface area contributed by atoms with Crippen LogP contribution in [0.1, 0.15) is 40.2 Å². The molecule has 1 aliphatic heterocycles. The molecule has 9 heteroatoms. The number of oxazole rings is 1. The molecule has 5 rings (SSSR count). The molecule has 2 aromatic carbocycles. The van der Waals surface area contributed by atoms with Crippen LogP contribution in [-0.4, -0.2) is 27.5 Å². The Kier molecular flexibility index (Phi) is 5.24. The Hall–Kier alpha value is -3.49. The van der Waals surface area contributed by atoms with Crippen molar-refractivity contribution in [1.29, 1.82) is 0 Å². The second-order valence-corrected chi connectivity index (χ2v) is 8.73. The van der Waals surface area contributed by atoms with Gasteiger partial charge in [0.1, 0.15) is 5.52 Å². The van der Waals surface area contributed by atoms with Gasteiger partial charge in [-0.2, -0.15) is 10.1 Å². The van der Waals surface area contributed by atoms with E-state index in [1.165, 1.54) is 11.9 Å². The minimum Gasteiger partial charge on any atom is -0.423 e. The van der Waals surface area contributed by atoms with Crippen molar-refractivity contribution < 1.29 is 14.0 Å². The van der Waals surface area contributed by atoms with E-state index in [1.54, 1.807) is 41.7 Å². The van der Waals surface area contributed by atoms with Gasteiger partial charge in [0.15, 0.2) is 5.58 Å². The number of thiophene rings is 1. The highest BCUT2D eigenvalue weighted by molar-refractivity contribution is 7.10. The molecule has 1 N–H and O–H groups in total. The molecule has 0 radical (unpaired) electrons. The van der Waals surface area contributed by atoms with Crippen molar-refractivity contribution in [3.63, 3.8) is 0 Å². The van der Waals surface area contributed by atoms with Crippen LogP contribution in [0.25, 0.3) is 11.1 Å². The molecule has 4 aromatic rings. The van der Waals surface area contributed by atoms with Gasteiger partial charge in [0.25, 0.3) is 5.91 Å². The number of nitrogens with zero attached hydrogens (tertiary/aromatic N) is 3. The molecular formula is C23H17ClN4O3S. The Balaban J connectivity index is 1.40. The Morgan fingerprint density at radius 2 is 2.06 bits per heavy atom. The summed E-state index contributed by atoms with van der Waals surface area (Å²) in [6.45, 7) is 1.52. The third-order valence-electron chi connectivity index (χ3n) is 5.13. The van der Waals surface area contributed by atoms with Gasteiger partial charge in [-0.3, -0.25) is 14.9 Å². The fourth-order valence-electron chi connectivity index (χ4n) is 3.64. The van der Waals surface area contributed by atoms with E-state index in [1.807, 2.05) is 29.6 Å². The number of rotatable bonds is 4. The molecule has 1 unspecified atom stereocenters. The van der Waals surface area contributed by atoms with Gasteiger partial charge in [-0.15, -0.1) is 11.3 Å². The quantitative estimate of drug-likeness (QED) is 0.432. The van der Waals surface area contributed by atoms with Crippen LogP contribution in [0.5, 0.6) is 0 Å². The number of anilines is 1. The van der Waals surface area contributed by atoms with E-state index in [2.05, 4.69) is 15.4 Å². The zero-order valence-corrected chi connectivity index (χ0v) is 18.5. The lowest BCUT2D eigenvalue weighted by Crippen LogP contribution is -2.23. The number of hydrazone groups is 1. The highest BCUT2D eigenvalue weighted by atomic mass is 35.5. The molecule has 2 amide bonds. The average Bonchev–Trinajstić information content (AvgIpc) is 3.51. The van der Waals surface area contributed by atoms with E-state index < -0.39 is 0 Å². The van der Waals surface area contributed by atoms with Gasteiger partial charge in [-0.05, 0) is 47.8 Å². The van der Waals surface area contributed by atoms with Gasteiger partial charge < -0.3 is 4.42 Å². The van der Waals surface area contributed by atoms with Crippen LogP contribution in [0.3, 0.4) is 0 Å². The van der Waals surface area contributed by atoms with E-state index >= 15 is 0 Å². The third kappa shape index (κ3) is 3.90. The summed E-state index contributed by atoms with van der Waals surface area (Å²) < 4.78 is 5.67. The number of carbonyl (C=O) groups excluding carboxylic acids is 2. The molecule has 3 heterocycles. The summed E-state index contributed by atoms with van der Waals surface area (Å²) in [6, 6.07) is 16.1. The lowest BCUT2D eigenvalue weighted by atomic mass is 10.0. The first kappa shape index (κ1) is 20.4. The van der Waals surface area contributed by atoms with E-state index in [9.17, 15) is 9.59 Å². The minimum atomic E-state index is -0.365. The van der Waals surface area contributed by atoms with Crippen LogP contribution in [0, 0.1) is 0 Å². The Bertz CT molecular complexity index is 1360. The van der Waals surface area contributed by atoms with Gasteiger partial charge in [0.05, 0.1) is 11.8 Å². The maximum Gasteiger partial charge on any atom is 0.302 e. The SMILES string of the molecule is CC(=O)N1N=C(c2ccc3oc(NC(=O)c4cccc(Cl)c4)nc3c2)CC1c1cccs1. The maximum absolute atomic E-state index is 12.4. The Morgan fingerprint density at radius 1 is 1.19 bits per heavy atom. The topological polar surface area (TPSA) is 87.8 Å². The fraction of sp³-hybridized carbons (Fsp3) is 0.130. The number of nitrogens with one attached hydrogen (secondary N) is 1. The van der Waals surface area contributed by atoms with Crippen LogP contribution in [0.2, 0.25) is 5.02 Å². The molecule has 1 atom stereocenters. The zero-order chi connectivity index (χ0) is 22.2. The van der Waals surface area contributed by atoms with E-state index in [0.29, 0.717) is 28.1 Å². The van der Waals surface area contributed by atoms with Crippen molar-refractivity contribution in [3.8, 4) is 0 Å². The summed E-state index contributed by atoms with van der Waals surface area (Å²) in [4.78, 5) is 30.1. The molecule has 0 spiro atoms. The number of hydrogen-bond donors (Lipinski definition) is 1. The lowest BCUT2D eigenvalue weighted by molar-refractivity contribution is -0.130. The normalized spacial score (nSPS) is 15.8. The van der Waals surface area contributed by atoms with E-state index in [4.69, 9.17) is 16.0 Å². The number of benzene rings is 2. The average molecular weight is 465 g/mol. The number of amides is 2. The first-order valence-corrected chi connectivity index (χ1v) is 11.1. The second kappa shape index (κ2) is 8.22. The molecule has 160 valence electrons. The summed E-state index contributed by atoms with van der Waals surface area (Å²) in [7, 11) is 0. The molecular weight excluding hydrogens is 448 g/mol. The molecule has 32 heavy (non-hydrogen) atoms. The summed E-state index contributed by atoms with van der Waals surface area (Å²) in [5, 5.41) is 11.2. The van der Waals surface area contributed by atoms with Gasteiger partial charge in [-0.25, -0.2) is 5.01 Å². The van der Waals surface area contributed by atoms with Crippen LogP contribution in [0.4, 0.5) is 6.01 Å². The van der Waals surface area contributed by atoms with Crippen molar-refractivity contribution in [2.45, 2.75) is 19.4 Å². The van der Waals surface area contributed by atoms with E-state index in [-0.39, 0.29) is 23.9 Å². The van der Waals surface area contributed by atoms with Crippen molar-refractivity contribution in [2.24, 2.45) is 5.10 Å². The van der Waals surface area contributed by atoms with Crippen LogP contribution < -0.4 is 5.32 Å². The van der Waals surface area contributed by atoms with Crippen LogP contribution >= 0.6 is 22.9 Å². The number of halogens is 1. The number of aromatic nitrogens is 1. The lowest BCUT2D eigenvalue weighted by Gasteiger charge is -2.18. The number of carbonyl (C=O) groups is 2. The molecule has 0 saturated carbocycles. The van der Waals surface area contributed by atoms with E-state index in [0.717, 1.165) is 16.2 Å². The predicted octanol–water partition coefficient (Wildman–Crippen LogP) is 5.49. The van der Waals surface area contributed by atoms with Gasteiger partial charge in [-0.1, -0.05) is 23.7 Å². The standard InChI is InChI=1S/C23H17ClN4O3S/c1-13(29)28-19(21-6-3-9-32-21)12-17(27-28)14-7-8-20-18(11-14)25-23(31-20)26-22(30)15-4-2-5-16(24)10-15/h2-11,19H,12H2,1H3,(H,25,26,30). The molecule has 0 aliphatic carbocycles. The summed E-state index contributed by atoms with van der Waals surface area (Å²) in [5.41, 5.74) is 3.18. The number of hydrogen-bond acceptors (Lipinski definition) is 6. The predicted molar refractivity (Wildman–Crippen MR) is 124 cm³/mol.